The van der Waals surface area contributed by atoms with E-state index in [-0.39, 0.29) is 57.0 Å². The van der Waals surface area contributed by atoms with Gasteiger partial charge in [-0.05, 0) is 35.4 Å². The Hall–Kier alpha value is -3.59. The van der Waals surface area contributed by atoms with Gasteiger partial charge in [0, 0.05) is 32.5 Å². The van der Waals surface area contributed by atoms with E-state index in [1.54, 1.807) is 51.7 Å². The number of hydrogen-bond acceptors (Lipinski definition) is 12. The minimum absolute atomic E-state index is 0.0317. The molecule has 0 aliphatic carbocycles. The first-order valence-corrected chi connectivity index (χ1v) is 13.5. The van der Waals surface area contributed by atoms with Gasteiger partial charge in [0.2, 0.25) is 5.91 Å². The van der Waals surface area contributed by atoms with Crippen LogP contribution in [0.3, 0.4) is 0 Å². The summed E-state index contributed by atoms with van der Waals surface area (Å²) in [4.78, 5) is 36.9. The molecule has 1 amide bonds. The van der Waals surface area contributed by atoms with E-state index < -0.39 is 5.97 Å². The second-order valence-corrected chi connectivity index (χ2v) is 8.91. The van der Waals surface area contributed by atoms with Gasteiger partial charge in [-0.1, -0.05) is 6.07 Å². The van der Waals surface area contributed by atoms with E-state index in [0.717, 1.165) is 0 Å². The van der Waals surface area contributed by atoms with E-state index in [9.17, 15) is 14.4 Å². The molecule has 2 aromatic carbocycles. The molecule has 0 heterocycles. The van der Waals surface area contributed by atoms with Gasteiger partial charge in [0.05, 0.1) is 65.2 Å². The predicted octanol–water partition coefficient (Wildman–Crippen LogP) is 2.16. The maximum absolute atomic E-state index is 12.6. The molecule has 0 spiro atoms. The summed E-state index contributed by atoms with van der Waals surface area (Å²) in [5, 5.41) is 2.70. The van der Waals surface area contributed by atoms with Gasteiger partial charge in [-0.2, -0.15) is 0 Å². The third kappa shape index (κ3) is 13.1. The van der Waals surface area contributed by atoms with Crippen molar-refractivity contribution in [3.05, 3.63) is 47.0 Å². The average molecular weight is 608 g/mol. The number of carbonyl (C=O) groups is 3. The van der Waals surface area contributed by atoms with E-state index in [1.165, 1.54) is 7.11 Å². The second kappa shape index (κ2) is 21.2. The lowest BCUT2D eigenvalue weighted by Crippen LogP contribution is -2.28. The molecule has 0 saturated heterocycles. The number of benzene rings is 2. The number of methoxy groups -OCH3 is 4. The molecule has 13 heteroatoms. The SMILES string of the molecule is COCCOCNC(=O)Cc1ccc(OCOCCOC)c(-c2cc(CC(=O)OC)cc(C=O)c2OCOCCOC)c1. The molecule has 0 aromatic heterocycles. The van der Waals surface area contributed by atoms with Crippen LogP contribution in [0.25, 0.3) is 11.1 Å². The second-order valence-electron chi connectivity index (χ2n) is 8.91. The molecule has 0 aliphatic rings. The summed E-state index contributed by atoms with van der Waals surface area (Å²) in [5.74, 6) is -0.155. The Bertz CT molecular complexity index is 1140. The van der Waals surface area contributed by atoms with Crippen molar-refractivity contribution < 1.29 is 57.0 Å². The smallest absolute Gasteiger partial charge is 0.309 e. The molecule has 0 unspecified atom stereocenters. The molecule has 0 atom stereocenters. The number of amides is 1. The Morgan fingerprint density at radius 3 is 1.98 bits per heavy atom. The van der Waals surface area contributed by atoms with Crippen LogP contribution >= 0.6 is 0 Å². The lowest BCUT2D eigenvalue weighted by molar-refractivity contribution is -0.139. The van der Waals surface area contributed by atoms with Crippen molar-refractivity contribution in [2.24, 2.45) is 0 Å². The monoisotopic (exact) mass is 607 g/mol. The number of hydrogen-bond donors (Lipinski definition) is 1. The van der Waals surface area contributed by atoms with Gasteiger partial charge in [0.15, 0.2) is 19.9 Å². The molecule has 0 aliphatic heterocycles. The number of aldehydes is 1. The highest BCUT2D eigenvalue weighted by atomic mass is 16.7. The zero-order chi connectivity index (χ0) is 31.3. The van der Waals surface area contributed by atoms with Crippen LogP contribution < -0.4 is 14.8 Å². The van der Waals surface area contributed by atoms with E-state index in [0.29, 0.717) is 67.3 Å². The summed E-state index contributed by atoms with van der Waals surface area (Å²) in [5.41, 5.74) is 2.28. The highest BCUT2D eigenvalue weighted by molar-refractivity contribution is 5.89. The molecule has 43 heavy (non-hydrogen) atoms. The summed E-state index contributed by atoms with van der Waals surface area (Å²) in [7, 11) is 5.96. The molecule has 0 fully saturated rings. The summed E-state index contributed by atoms with van der Waals surface area (Å²) in [6, 6.07) is 8.44. The fraction of sp³-hybridized carbons (Fsp3) is 0.500. The first-order chi connectivity index (χ1) is 21.0. The standard InChI is InChI=1S/C30H41NO12/c1-35-7-10-39-19-31-28(33)16-22-5-6-27(42-20-40-11-8-36-2)25(14-22)26-15-23(17-29(34)38-4)13-24(18-32)30(26)43-21-41-12-9-37-3/h5-6,13-15,18H,7-12,16-17,19-21H2,1-4H3,(H,31,33). The third-order valence-corrected chi connectivity index (χ3v) is 5.83. The fourth-order valence-corrected chi connectivity index (χ4v) is 3.73. The van der Waals surface area contributed by atoms with Gasteiger partial charge in [0.1, 0.15) is 18.2 Å². The number of esters is 1. The molecular formula is C30H41NO12. The number of carbonyl (C=O) groups excluding carboxylic acids is 3. The minimum Gasteiger partial charge on any atom is -0.469 e. The first kappa shape index (κ1) is 35.6. The van der Waals surface area contributed by atoms with Crippen molar-refractivity contribution in [3.8, 4) is 22.6 Å². The van der Waals surface area contributed by atoms with Gasteiger partial charge in [-0.25, -0.2) is 0 Å². The van der Waals surface area contributed by atoms with Crippen molar-refractivity contribution in [1.82, 2.24) is 5.32 Å². The predicted molar refractivity (Wildman–Crippen MR) is 154 cm³/mol. The highest BCUT2D eigenvalue weighted by Gasteiger charge is 2.20. The first-order valence-electron chi connectivity index (χ1n) is 13.5. The van der Waals surface area contributed by atoms with Crippen molar-refractivity contribution in [1.29, 1.82) is 0 Å². The van der Waals surface area contributed by atoms with Crippen LogP contribution in [0.5, 0.6) is 11.5 Å². The number of ether oxygens (including phenoxy) is 9. The molecule has 1 N–H and O–H groups in total. The van der Waals surface area contributed by atoms with Crippen molar-refractivity contribution in [3.63, 3.8) is 0 Å². The Balaban J connectivity index is 2.49. The fourth-order valence-electron chi connectivity index (χ4n) is 3.73. The zero-order valence-electron chi connectivity index (χ0n) is 25.1. The van der Waals surface area contributed by atoms with Crippen molar-refractivity contribution in [2.45, 2.75) is 12.8 Å². The highest BCUT2D eigenvalue weighted by Crippen LogP contribution is 2.40. The van der Waals surface area contributed by atoms with Crippen LogP contribution in [0, 0.1) is 0 Å². The summed E-state index contributed by atoms with van der Waals surface area (Å²) < 4.78 is 47.9. The normalized spacial score (nSPS) is 10.8. The lowest BCUT2D eigenvalue weighted by atomic mass is 9.94. The summed E-state index contributed by atoms with van der Waals surface area (Å²) >= 11 is 0. The molecule has 238 valence electrons. The van der Waals surface area contributed by atoms with Gasteiger partial charge >= 0.3 is 5.97 Å². The molecule has 0 radical (unpaired) electrons. The van der Waals surface area contributed by atoms with Gasteiger partial charge in [-0.15, -0.1) is 0 Å². The van der Waals surface area contributed by atoms with E-state index in [2.05, 4.69) is 5.32 Å². The van der Waals surface area contributed by atoms with E-state index in [4.69, 9.17) is 42.6 Å². The van der Waals surface area contributed by atoms with Crippen LogP contribution in [0.2, 0.25) is 0 Å². The maximum Gasteiger partial charge on any atom is 0.309 e. The summed E-state index contributed by atoms with van der Waals surface area (Å²) in [6.45, 7) is 1.87. The quantitative estimate of drug-likeness (QED) is 0.0855. The third-order valence-electron chi connectivity index (χ3n) is 5.83. The Morgan fingerprint density at radius 1 is 0.721 bits per heavy atom. The van der Waals surface area contributed by atoms with Crippen molar-refractivity contribution in [2.75, 3.05) is 88.4 Å². The Morgan fingerprint density at radius 2 is 1.35 bits per heavy atom. The van der Waals surface area contributed by atoms with Crippen LogP contribution in [0.1, 0.15) is 21.5 Å². The molecule has 2 aromatic rings. The van der Waals surface area contributed by atoms with Gasteiger partial charge < -0.3 is 47.9 Å². The molecule has 2 rings (SSSR count). The largest absolute Gasteiger partial charge is 0.469 e. The summed E-state index contributed by atoms with van der Waals surface area (Å²) in [6.07, 6.45) is 0.574. The van der Waals surface area contributed by atoms with Crippen LogP contribution in [0.15, 0.2) is 30.3 Å². The topological polar surface area (TPSA) is 146 Å². The number of rotatable bonds is 23. The van der Waals surface area contributed by atoms with Crippen molar-refractivity contribution >= 4 is 18.2 Å². The molecule has 13 nitrogen and oxygen atoms in total. The minimum atomic E-state index is -0.486. The van der Waals surface area contributed by atoms with Gasteiger partial charge in [-0.3, -0.25) is 14.4 Å². The Kier molecular flexibility index (Phi) is 17.5. The lowest BCUT2D eigenvalue weighted by Gasteiger charge is -2.19. The molecule has 0 bridgehead atoms. The molecular weight excluding hydrogens is 566 g/mol. The van der Waals surface area contributed by atoms with E-state index in [1.807, 2.05) is 0 Å². The maximum atomic E-state index is 12.6. The Labute approximate surface area is 251 Å². The van der Waals surface area contributed by atoms with Gasteiger partial charge in [0.25, 0.3) is 0 Å². The molecule has 0 saturated carbocycles. The van der Waals surface area contributed by atoms with E-state index >= 15 is 0 Å². The van der Waals surface area contributed by atoms with Crippen LogP contribution in [-0.2, 0) is 55.6 Å². The van der Waals surface area contributed by atoms with Crippen LogP contribution in [-0.4, -0.2) is 107 Å². The zero-order valence-corrected chi connectivity index (χ0v) is 25.1. The van der Waals surface area contributed by atoms with Crippen LogP contribution in [0.4, 0.5) is 0 Å². The average Bonchev–Trinajstić information content (AvgIpc) is 3.01. The number of nitrogens with one attached hydrogen (secondary N) is 1.